The summed E-state index contributed by atoms with van der Waals surface area (Å²) in [7, 11) is 0. The van der Waals surface area contributed by atoms with Crippen LogP contribution in [0.3, 0.4) is 0 Å². The normalized spacial score (nSPS) is 55.5. The van der Waals surface area contributed by atoms with Crippen molar-refractivity contribution >= 4 is 5.97 Å². The number of carbonyl (C=O) groups is 1. The molecule has 11 aliphatic rings. The van der Waals surface area contributed by atoms with Crippen LogP contribution in [0.1, 0.15) is 113 Å². The molecule has 6 saturated heterocycles. The van der Waals surface area contributed by atoms with Gasteiger partial charge >= 0.3 is 5.97 Å². The zero-order valence-electron chi connectivity index (χ0n) is 55.9. The summed E-state index contributed by atoms with van der Waals surface area (Å²) < 4.78 is 71.4. The van der Waals surface area contributed by atoms with Crippen LogP contribution >= 0.6 is 0 Å². The average molecular weight is 1400 g/mol. The molecule has 0 bridgehead atoms. The molecule has 39 atom stereocenters. The molecule has 97 heavy (non-hydrogen) atoms. The quantitative estimate of drug-likeness (QED) is 0.0389. The van der Waals surface area contributed by atoms with Crippen LogP contribution in [-0.4, -0.2) is 326 Å². The Labute approximate surface area is 561 Å². The SMILES string of the molecule is C[C@@H]1O[C@@H](O[C@H]2[C@H](O[C@H]3[C@@H](O)C[C@@]4(C)[C@@H](CC[C@]5(C)[C@@H]4CC=C4[C@@H]6CC(C)(C)CC[C@]6(C(=O)O[C@@H]6O[C@H](CO[C@@H]7O[C@H](CO)[C@@H](O[C@@H]8O[C@@H](C)[C@H](O)[C@@H](O)[C@H]8O)[C@H](O)[C@H]7O)[C@@H](O)[C@H](O)[C@H]6O)CC[C@]45C)[C@]3(C)CO)OC[C@H](O[C@@H]3O[C@H](CO)[C@@H](O)[C@H](O)[C@H]3O)[C@@H]2O)[C@H](O)[C@H](O)[C@H]1O. The van der Waals surface area contributed by atoms with Crippen LogP contribution in [0.15, 0.2) is 11.6 Å². The molecule has 0 spiro atoms. The summed E-state index contributed by atoms with van der Waals surface area (Å²) in [5.74, 6) is -1.55. The van der Waals surface area contributed by atoms with Crippen LogP contribution in [0.25, 0.3) is 0 Å². The zero-order valence-corrected chi connectivity index (χ0v) is 55.9. The van der Waals surface area contributed by atoms with Crippen molar-refractivity contribution in [1.82, 2.24) is 0 Å². The Morgan fingerprint density at radius 3 is 1.63 bits per heavy atom. The number of aliphatic hydroxyl groups is 19. The van der Waals surface area contributed by atoms with Gasteiger partial charge in [-0.1, -0.05) is 53.2 Å². The average Bonchev–Trinajstić information content (AvgIpc) is 0.673. The van der Waals surface area contributed by atoms with Crippen LogP contribution in [0, 0.1) is 50.2 Å². The molecule has 0 unspecified atom stereocenters. The first-order chi connectivity index (χ1) is 45.5. The van der Waals surface area contributed by atoms with Gasteiger partial charge in [0.1, 0.15) is 128 Å². The molecule has 4 saturated carbocycles. The van der Waals surface area contributed by atoms with E-state index in [1.165, 1.54) is 13.8 Å². The van der Waals surface area contributed by atoms with Crippen molar-refractivity contribution < 1.29 is 159 Å². The lowest BCUT2D eigenvalue weighted by Crippen LogP contribution is -2.69. The van der Waals surface area contributed by atoms with Crippen molar-refractivity contribution in [2.45, 2.75) is 304 Å². The van der Waals surface area contributed by atoms with Crippen LogP contribution in [-0.2, 0) is 61.6 Å². The van der Waals surface area contributed by atoms with Crippen molar-refractivity contribution in [3.8, 4) is 0 Å². The minimum atomic E-state index is -1.95. The van der Waals surface area contributed by atoms with Crippen molar-refractivity contribution in [3.05, 3.63) is 11.6 Å². The highest BCUT2D eigenvalue weighted by Gasteiger charge is 2.72. The maximum atomic E-state index is 15.4. The lowest BCUT2D eigenvalue weighted by molar-refractivity contribution is -0.385. The summed E-state index contributed by atoms with van der Waals surface area (Å²) in [6.07, 6.45) is -44.5. The molecule has 0 aromatic rings. The summed E-state index contributed by atoms with van der Waals surface area (Å²) in [4.78, 5) is 15.4. The van der Waals surface area contributed by atoms with Gasteiger partial charge in [0.15, 0.2) is 31.5 Å². The van der Waals surface area contributed by atoms with E-state index in [2.05, 4.69) is 40.7 Å². The van der Waals surface area contributed by atoms with E-state index in [1.807, 2.05) is 6.92 Å². The fourth-order valence-electron chi connectivity index (χ4n) is 19.1. The minimum absolute atomic E-state index is 0.131. The number of hydrogen-bond donors (Lipinski definition) is 19. The van der Waals surface area contributed by atoms with Crippen LogP contribution in [0.4, 0.5) is 0 Å². The highest BCUT2D eigenvalue weighted by atomic mass is 16.8. The molecule has 10 fully saturated rings. The lowest BCUT2D eigenvalue weighted by atomic mass is 9.33. The number of allylic oxidation sites excluding steroid dienone is 2. The van der Waals surface area contributed by atoms with E-state index in [0.717, 1.165) is 5.57 Å². The molecule has 32 heteroatoms. The molecular weight excluding hydrogens is 1290 g/mol. The number of rotatable bonds is 16. The van der Waals surface area contributed by atoms with E-state index < -0.39 is 262 Å². The summed E-state index contributed by atoms with van der Waals surface area (Å²) in [5, 5.41) is 208. The van der Waals surface area contributed by atoms with Gasteiger partial charge in [0, 0.05) is 5.41 Å². The van der Waals surface area contributed by atoms with Crippen molar-refractivity contribution in [2.75, 3.05) is 33.0 Å². The highest BCUT2D eigenvalue weighted by molar-refractivity contribution is 5.79. The van der Waals surface area contributed by atoms with E-state index in [9.17, 15) is 97.0 Å². The maximum absolute atomic E-state index is 15.4. The van der Waals surface area contributed by atoms with Gasteiger partial charge in [-0.15, -0.1) is 0 Å². The number of carbonyl (C=O) groups excluding carboxylic acids is 1. The van der Waals surface area contributed by atoms with Gasteiger partial charge in [0.05, 0.1) is 62.9 Å². The molecule has 6 aliphatic heterocycles. The lowest BCUT2D eigenvalue weighted by Gasteiger charge is -2.72. The summed E-state index contributed by atoms with van der Waals surface area (Å²) >= 11 is 0. The smallest absolute Gasteiger partial charge is 0.315 e. The predicted octanol–water partition coefficient (Wildman–Crippen LogP) is -5.75. The molecule has 11 rings (SSSR count). The van der Waals surface area contributed by atoms with Gasteiger partial charge in [0.2, 0.25) is 6.29 Å². The molecule has 0 radical (unpaired) electrons. The van der Waals surface area contributed by atoms with Gasteiger partial charge in [0.25, 0.3) is 0 Å². The third kappa shape index (κ3) is 13.0. The van der Waals surface area contributed by atoms with E-state index in [1.54, 1.807) is 0 Å². The number of ether oxygens (including phenoxy) is 12. The first kappa shape index (κ1) is 76.1. The third-order valence-electron chi connectivity index (χ3n) is 25.3. The summed E-state index contributed by atoms with van der Waals surface area (Å²) in [5.41, 5.74) is -3.32. The molecule has 6 heterocycles. The number of aliphatic hydroxyl groups excluding tert-OH is 19. The fourth-order valence-corrected chi connectivity index (χ4v) is 19.1. The first-order valence-electron chi connectivity index (χ1n) is 34.2. The highest BCUT2D eigenvalue weighted by Crippen LogP contribution is 2.76. The Kier molecular flexibility index (Phi) is 22.4. The second kappa shape index (κ2) is 28.5. The van der Waals surface area contributed by atoms with Crippen LogP contribution in [0.2, 0.25) is 0 Å². The van der Waals surface area contributed by atoms with Crippen molar-refractivity contribution in [2.24, 2.45) is 50.2 Å². The number of esters is 1. The maximum Gasteiger partial charge on any atom is 0.315 e. The van der Waals surface area contributed by atoms with Gasteiger partial charge < -0.3 is 154 Å². The standard InChI is InChI=1S/C65H106O32/c1-24-35(70)40(75)45(80)54(88-24)94-50-30(20-67)91-53(49(84)44(50)79)86-21-31-38(73)43(78)48(83)57(92-31)97-59(85)65-15-13-60(3,4)17-27(65)26-9-10-34-61(5)18-28(69)52(62(6,23-68)33(61)11-12-64(34,8)63(26,7)14-16-65)96-58-51(95-55-46(81)41(76)36(71)25(2)89-55)39(74)32(22-87-58)93-56-47(82)42(77)37(72)29(19-66)90-56/h9,24-25,27-58,66-84H,10-23H2,1-8H3/t24-,25-,27-,28-,29+,30+,31+,32-,33+,34+,35-,36-,37+,38+,39-,40+,41+,42-,43-,44+,45+,46+,47+,48+,49+,50+,51+,52-,53+,54-,55-,56-,57-,58-,61-,62-,63+,64+,65-/m0/s1. The molecule has 0 aromatic carbocycles. The van der Waals surface area contributed by atoms with E-state index >= 15 is 4.79 Å². The zero-order chi connectivity index (χ0) is 70.9. The molecule has 19 N–H and O–H groups in total. The van der Waals surface area contributed by atoms with E-state index in [0.29, 0.717) is 51.4 Å². The Hall–Kier alpha value is -1.99. The minimum Gasteiger partial charge on any atom is -0.432 e. The van der Waals surface area contributed by atoms with Crippen molar-refractivity contribution in [1.29, 1.82) is 0 Å². The largest absolute Gasteiger partial charge is 0.432 e. The molecule has 0 aromatic heterocycles. The van der Waals surface area contributed by atoms with Gasteiger partial charge in [-0.3, -0.25) is 4.79 Å². The summed E-state index contributed by atoms with van der Waals surface area (Å²) in [6, 6.07) is 0. The predicted molar refractivity (Wildman–Crippen MR) is 322 cm³/mol. The van der Waals surface area contributed by atoms with Crippen LogP contribution < -0.4 is 0 Å². The van der Waals surface area contributed by atoms with Gasteiger partial charge in [-0.05, 0) is 111 Å². The molecule has 558 valence electrons. The number of fused-ring (bicyclic) bond motifs is 7. The summed E-state index contributed by atoms with van der Waals surface area (Å²) in [6.45, 7) is 12.3. The third-order valence-corrected chi connectivity index (χ3v) is 25.3. The van der Waals surface area contributed by atoms with E-state index in [-0.39, 0.29) is 23.7 Å². The topological polar surface area (TPSA) is 512 Å². The molecule has 32 nitrogen and oxygen atoms in total. The second-order valence-corrected chi connectivity index (χ2v) is 31.5. The molecule has 0 amide bonds. The molecule has 5 aliphatic carbocycles. The van der Waals surface area contributed by atoms with Crippen LogP contribution in [0.5, 0.6) is 0 Å². The molecular formula is C65H106O32. The van der Waals surface area contributed by atoms with Gasteiger partial charge in [-0.2, -0.15) is 0 Å². The van der Waals surface area contributed by atoms with Gasteiger partial charge in [-0.25, -0.2) is 0 Å². The van der Waals surface area contributed by atoms with E-state index in [4.69, 9.17) is 56.8 Å². The fraction of sp³-hybridized carbons (Fsp3) is 0.954. The second-order valence-electron chi connectivity index (χ2n) is 31.5. The Morgan fingerprint density at radius 2 is 1.03 bits per heavy atom. The monoisotopic (exact) mass is 1400 g/mol. The first-order valence-corrected chi connectivity index (χ1v) is 34.2. The van der Waals surface area contributed by atoms with Crippen molar-refractivity contribution in [3.63, 3.8) is 0 Å². The Bertz CT molecular complexity index is 2730. The number of hydrogen-bond acceptors (Lipinski definition) is 32. The Morgan fingerprint density at radius 1 is 0.505 bits per heavy atom. The Balaban J connectivity index is 0.797.